The second-order valence-corrected chi connectivity index (χ2v) is 5.94. The Morgan fingerprint density at radius 1 is 1.20 bits per heavy atom. The normalized spacial score (nSPS) is 12.2. The van der Waals surface area contributed by atoms with Crippen LogP contribution in [0.25, 0.3) is 11.3 Å². The fraction of sp³-hybridized carbons (Fsp3) is 0.312. The van der Waals surface area contributed by atoms with Crippen molar-refractivity contribution in [1.82, 2.24) is 9.97 Å². The summed E-state index contributed by atoms with van der Waals surface area (Å²) in [5, 5.41) is 9.32. The van der Waals surface area contributed by atoms with Gasteiger partial charge in [-0.15, -0.1) is 0 Å². The van der Waals surface area contributed by atoms with E-state index in [4.69, 9.17) is 0 Å². The minimum atomic E-state index is -0.281. The number of aryl methyl sites for hydroxylation is 1. The second kappa shape index (κ2) is 6.15. The van der Waals surface area contributed by atoms with E-state index in [9.17, 15) is 5.26 Å². The lowest BCUT2D eigenvalue weighted by Gasteiger charge is -2.14. The minimum absolute atomic E-state index is 0.189. The molecule has 1 unspecified atom stereocenters. The van der Waals surface area contributed by atoms with Gasteiger partial charge in [0.25, 0.3) is 0 Å². The van der Waals surface area contributed by atoms with E-state index in [0.29, 0.717) is 5.82 Å². The third kappa shape index (κ3) is 3.05. The smallest absolute Gasteiger partial charge is 0.146 e. The molecule has 20 heavy (non-hydrogen) atoms. The molecule has 0 saturated carbocycles. The van der Waals surface area contributed by atoms with Crippen molar-refractivity contribution in [3.8, 4) is 17.3 Å². The molecular formula is C16H16BrN3. The molecular weight excluding hydrogens is 314 g/mol. The van der Waals surface area contributed by atoms with Gasteiger partial charge in [-0.2, -0.15) is 5.26 Å². The van der Waals surface area contributed by atoms with Crippen molar-refractivity contribution in [3.05, 3.63) is 46.3 Å². The third-order valence-corrected chi connectivity index (χ3v) is 3.80. The number of benzene rings is 1. The summed E-state index contributed by atoms with van der Waals surface area (Å²) < 4.78 is 0.988. The molecule has 1 aromatic carbocycles. The molecule has 4 heteroatoms. The monoisotopic (exact) mass is 329 g/mol. The lowest BCUT2D eigenvalue weighted by molar-refractivity contribution is 0.560. The molecule has 0 spiro atoms. The average molecular weight is 330 g/mol. The van der Waals surface area contributed by atoms with Crippen LogP contribution in [0.3, 0.4) is 0 Å². The Kier molecular flexibility index (Phi) is 4.51. The van der Waals surface area contributed by atoms with Crippen LogP contribution in [-0.4, -0.2) is 9.97 Å². The van der Waals surface area contributed by atoms with E-state index in [-0.39, 0.29) is 11.8 Å². The van der Waals surface area contributed by atoms with Gasteiger partial charge in [0.05, 0.1) is 11.8 Å². The number of halogens is 1. The number of rotatable bonds is 3. The first-order valence-electron chi connectivity index (χ1n) is 6.53. The number of nitriles is 1. The summed E-state index contributed by atoms with van der Waals surface area (Å²) in [6.07, 6.45) is 0. The zero-order valence-corrected chi connectivity index (χ0v) is 13.3. The number of hydrogen-bond donors (Lipinski definition) is 0. The van der Waals surface area contributed by atoms with Crippen molar-refractivity contribution in [1.29, 1.82) is 5.26 Å². The third-order valence-electron chi connectivity index (χ3n) is 3.11. The first-order valence-corrected chi connectivity index (χ1v) is 7.32. The zero-order valence-electron chi connectivity index (χ0n) is 11.8. The summed E-state index contributed by atoms with van der Waals surface area (Å²) in [6.45, 7) is 5.95. The number of nitrogens with zero attached hydrogens (tertiary/aromatic N) is 3. The molecule has 1 aromatic heterocycles. The van der Waals surface area contributed by atoms with Crippen LogP contribution in [0.4, 0.5) is 0 Å². The first-order chi connectivity index (χ1) is 9.52. The molecule has 0 aliphatic carbocycles. The molecule has 0 amide bonds. The molecule has 0 radical (unpaired) electrons. The van der Waals surface area contributed by atoms with Gasteiger partial charge >= 0.3 is 0 Å². The van der Waals surface area contributed by atoms with E-state index < -0.39 is 0 Å². The Balaban J connectivity index is 2.55. The quantitative estimate of drug-likeness (QED) is 0.834. The average Bonchev–Trinajstić information content (AvgIpc) is 2.39. The van der Waals surface area contributed by atoms with Gasteiger partial charge in [-0.25, -0.2) is 9.97 Å². The summed E-state index contributed by atoms with van der Waals surface area (Å²) in [7, 11) is 0. The highest BCUT2D eigenvalue weighted by Gasteiger charge is 2.19. The van der Waals surface area contributed by atoms with E-state index in [1.807, 2.05) is 51.1 Å². The van der Waals surface area contributed by atoms with E-state index in [1.165, 1.54) is 0 Å². The summed E-state index contributed by atoms with van der Waals surface area (Å²) in [6, 6.07) is 12.2. The highest BCUT2D eigenvalue weighted by molar-refractivity contribution is 9.10. The fourth-order valence-corrected chi connectivity index (χ4v) is 2.53. The van der Waals surface area contributed by atoms with Gasteiger partial charge in [0.1, 0.15) is 11.7 Å². The van der Waals surface area contributed by atoms with E-state index >= 15 is 0 Å². The van der Waals surface area contributed by atoms with Gasteiger partial charge in [-0.3, -0.25) is 0 Å². The van der Waals surface area contributed by atoms with E-state index in [2.05, 4.69) is 32.0 Å². The van der Waals surface area contributed by atoms with Crippen molar-refractivity contribution >= 4 is 15.9 Å². The highest BCUT2D eigenvalue weighted by Crippen LogP contribution is 2.29. The maximum Gasteiger partial charge on any atom is 0.146 e. The summed E-state index contributed by atoms with van der Waals surface area (Å²) in [4.78, 5) is 9.03. The molecule has 0 fully saturated rings. The van der Waals surface area contributed by atoms with Crippen molar-refractivity contribution in [2.75, 3.05) is 0 Å². The molecule has 3 nitrogen and oxygen atoms in total. The zero-order chi connectivity index (χ0) is 14.7. The van der Waals surface area contributed by atoms with Crippen LogP contribution in [0.1, 0.15) is 31.3 Å². The topological polar surface area (TPSA) is 49.6 Å². The minimum Gasteiger partial charge on any atom is -0.237 e. The molecule has 0 saturated heterocycles. The van der Waals surface area contributed by atoms with Gasteiger partial charge in [0.15, 0.2) is 0 Å². The Labute approximate surface area is 127 Å². The molecule has 0 aliphatic rings. The number of aromatic nitrogens is 2. The summed E-state index contributed by atoms with van der Waals surface area (Å²) >= 11 is 3.54. The molecule has 2 aromatic rings. The van der Waals surface area contributed by atoms with Gasteiger partial charge < -0.3 is 0 Å². The Bertz CT molecular complexity index is 659. The van der Waals surface area contributed by atoms with E-state index in [0.717, 1.165) is 21.4 Å². The van der Waals surface area contributed by atoms with Crippen LogP contribution < -0.4 is 0 Å². The highest BCUT2D eigenvalue weighted by atomic mass is 79.9. The van der Waals surface area contributed by atoms with Crippen LogP contribution in [-0.2, 0) is 0 Å². The van der Waals surface area contributed by atoms with Crippen LogP contribution in [0.2, 0.25) is 0 Å². The van der Waals surface area contributed by atoms with Crippen LogP contribution in [0.15, 0.2) is 34.8 Å². The Hall–Kier alpha value is -1.73. The van der Waals surface area contributed by atoms with E-state index in [1.54, 1.807) is 0 Å². The molecule has 2 rings (SSSR count). The van der Waals surface area contributed by atoms with Crippen molar-refractivity contribution < 1.29 is 0 Å². The Morgan fingerprint density at radius 3 is 2.50 bits per heavy atom. The molecule has 0 bridgehead atoms. The predicted octanol–water partition coefficient (Wildman–Crippen LogP) is 4.48. The fourth-order valence-electron chi connectivity index (χ4n) is 2.04. The van der Waals surface area contributed by atoms with Crippen molar-refractivity contribution in [3.63, 3.8) is 0 Å². The summed E-state index contributed by atoms with van der Waals surface area (Å²) in [5.74, 6) is 0.512. The van der Waals surface area contributed by atoms with Crippen LogP contribution >= 0.6 is 15.9 Å². The Morgan fingerprint density at radius 2 is 1.90 bits per heavy atom. The molecule has 0 aliphatic heterocycles. The lowest BCUT2D eigenvalue weighted by atomic mass is 9.96. The van der Waals surface area contributed by atoms with Crippen LogP contribution in [0, 0.1) is 24.2 Å². The number of hydrogen-bond acceptors (Lipinski definition) is 3. The van der Waals surface area contributed by atoms with Gasteiger partial charge in [0.2, 0.25) is 0 Å². The SMILES string of the molecule is Cc1cc(-c2ccccc2Br)nc(C(C#N)C(C)C)n1. The van der Waals surface area contributed by atoms with Crippen molar-refractivity contribution in [2.24, 2.45) is 5.92 Å². The maximum atomic E-state index is 9.32. The molecule has 1 heterocycles. The summed E-state index contributed by atoms with van der Waals surface area (Å²) in [5.41, 5.74) is 2.74. The second-order valence-electron chi connectivity index (χ2n) is 5.08. The van der Waals surface area contributed by atoms with Crippen molar-refractivity contribution in [2.45, 2.75) is 26.7 Å². The first kappa shape index (κ1) is 14.7. The lowest BCUT2D eigenvalue weighted by Crippen LogP contribution is -2.10. The van der Waals surface area contributed by atoms with Crippen LogP contribution in [0.5, 0.6) is 0 Å². The molecule has 1 atom stereocenters. The van der Waals surface area contributed by atoms with Gasteiger partial charge in [-0.05, 0) is 25.0 Å². The molecule has 102 valence electrons. The standard InChI is InChI=1S/C16H16BrN3/c1-10(2)13(9-18)16-19-11(3)8-15(20-16)12-6-4-5-7-14(12)17/h4-8,10,13H,1-3H3. The van der Waals surface area contributed by atoms with Gasteiger partial charge in [0, 0.05) is 15.7 Å². The largest absolute Gasteiger partial charge is 0.237 e. The van der Waals surface area contributed by atoms with Gasteiger partial charge in [-0.1, -0.05) is 48.0 Å². The maximum absolute atomic E-state index is 9.32. The molecule has 0 N–H and O–H groups in total. The predicted molar refractivity (Wildman–Crippen MR) is 83.1 cm³/mol.